The molecule has 1 aliphatic rings. The van der Waals surface area contributed by atoms with Crippen LogP contribution in [0, 0.1) is 18.7 Å². The summed E-state index contributed by atoms with van der Waals surface area (Å²) in [5.74, 6) is -1.39. The van der Waals surface area contributed by atoms with Gasteiger partial charge in [0, 0.05) is 24.8 Å². The number of hydrogen-bond acceptors (Lipinski definition) is 4. The average Bonchev–Trinajstić information content (AvgIpc) is 3.10. The van der Waals surface area contributed by atoms with Crippen LogP contribution in [0.15, 0.2) is 53.6 Å². The number of hydrazone groups is 1. The lowest BCUT2D eigenvalue weighted by Gasteiger charge is -2.41. The van der Waals surface area contributed by atoms with Crippen molar-refractivity contribution in [3.05, 3.63) is 71.0 Å². The Balaban J connectivity index is 2.12. The minimum absolute atomic E-state index is 0.169. The van der Waals surface area contributed by atoms with Gasteiger partial charge in [-0.3, -0.25) is 9.32 Å². The molecule has 3 rings (SSSR count). The Hall–Kier alpha value is -2.38. The van der Waals surface area contributed by atoms with E-state index in [0.717, 1.165) is 5.56 Å². The highest BCUT2D eigenvalue weighted by Gasteiger charge is 2.51. The van der Waals surface area contributed by atoms with Gasteiger partial charge in [-0.2, -0.15) is 5.10 Å². The molecule has 160 valence electrons. The number of phosphoric acid groups is 1. The maximum atomic E-state index is 14.6. The van der Waals surface area contributed by atoms with Crippen molar-refractivity contribution in [3.63, 3.8) is 0 Å². The summed E-state index contributed by atoms with van der Waals surface area (Å²) >= 11 is 0. The van der Waals surface area contributed by atoms with E-state index in [-0.39, 0.29) is 18.9 Å². The lowest BCUT2D eigenvalue weighted by atomic mass is 9.75. The third-order valence-corrected chi connectivity index (χ3v) is 5.83. The highest BCUT2D eigenvalue weighted by Crippen LogP contribution is 2.47. The van der Waals surface area contributed by atoms with Crippen LogP contribution >= 0.6 is 7.82 Å². The number of carbonyl (C=O) groups excluding carboxylic acids is 1. The molecule has 0 bridgehead atoms. The van der Waals surface area contributed by atoms with Gasteiger partial charge in [0.25, 0.3) is 0 Å². The number of phosphoric ester groups is 1. The van der Waals surface area contributed by atoms with Crippen LogP contribution in [0.3, 0.4) is 0 Å². The minimum atomic E-state index is -4.71. The van der Waals surface area contributed by atoms with E-state index in [9.17, 15) is 13.8 Å². The van der Waals surface area contributed by atoms with Gasteiger partial charge in [0.05, 0.1) is 12.3 Å². The lowest BCUT2D eigenvalue weighted by Crippen LogP contribution is -2.49. The molecule has 1 unspecified atom stereocenters. The van der Waals surface area contributed by atoms with Crippen molar-refractivity contribution in [3.8, 4) is 0 Å². The number of nitrogens with zero attached hydrogens (tertiary/aromatic N) is 2. The van der Waals surface area contributed by atoms with E-state index in [1.807, 2.05) is 25.1 Å². The van der Waals surface area contributed by atoms with E-state index >= 15 is 0 Å². The fourth-order valence-corrected chi connectivity index (χ4v) is 4.32. The van der Waals surface area contributed by atoms with Crippen molar-refractivity contribution in [1.82, 2.24) is 5.01 Å². The van der Waals surface area contributed by atoms with Crippen molar-refractivity contribution in [2.24, 2.45) is 11.0 Å². The standard InChI is InChI=1S/C21H24FN2O5P/c1-14-9-10-19(22)18(11-14)20-12-21(24(23-20)16(3)25,17-7-5-4-6-8-17)15(2)13-29-30(26,27)28/h4-11,15H,12-13H2,1-3H3,(H2,26,27,28)/t15?,21-/m1/s1. The van der Waals surface area contributed by atoms with Gasteiger partial charge in [0.2, 0.25) is 5.91 Å². The summed E-state index contributed by atoms with van der Waals surface area (Å²) in [5.41, 5.74) is 1.15. The van der Waals surface area contributed by atoms with E-state index in [1.54, 1.807) is 31.2 Å². The summed E-state index contributed by atoms with van der Waals surface area (Å²) in [7, 11) is -4.71. The molecule has 0 saturated carbocycles. The Morgan fingerprint density at radius 3 is 2.57 bits per heavy atom. The van der Waals surface area contributed by atoms with Crippen LogP contribution in [0.2, 0.25) is 0 Å². The highest BCUT2D eigenvalue weighted by atomic mass is 31.2. The van der Waals surface area contributed by atoms with Crippen LogP contribution in [0.4, 0.5) is 4.39 Å². The topological polar surface area (TPSA) is 99.4 Å². The number of halogens is 1. The number of benzene rings is 2. The van der Waals surface area contributed by atoms with Crippen molar-refractivity contribution in [1.29, 1.82) is 0 Å². The molecule has 2 aromatic carbocycles. The second-order valence-electron chi connectivity index (χ2n) is 7.52. The summed E-state index contributed by atoms with van der Waals surface area (Å²) < 4.78 is 30.7. The number of amides is 1. The zero-order chi connectivity index (χ0) is 22.1. The smallest absolute Gasteiger partial charge is 0.303 e. The van der Waals surface area contributed by atoms with Crippen molar-refractivity contribution >= 4 is 19.4 Å². The summed E-state index contributed by atoms with van der Waals surface area (Å²) in [6.07, 6.45) is 0.169. The van der Waals surface area contributed by atoms with Gasteiger partial charge in [0.15, 0.2) is 0 Å². The fourth-order valence-electron chi connectivity index (χ4n) is 3.90. The summed E-state index contributed by atoms with van der Waals surface area (Å²) in [6, 6.07) is 13.7. The van der Waals surface area contributed by atoms with Crippen LogP contribution in [-0.4, -0.2) is 33.0 Å². The summed E-state index contributed by atoms with van der Waals surface area (Å²) in [6.45, 7) is 4.60. The van der Waals surface area contributed by atoms with Crippen LogP contribution in [0.25, 0.3) is 0 Å². The van der Waals surface area contributed by atoms with Crippen LogP contribution < -0.4 is 0 Å². The predicted octanol–water partition coefficient (Wildman–Crippen LogP) is 3.73. The zero-order valence-electron chi connectivity index (χ0n) is 16.9. The third-order valence-electron chi connectivity index (χ3n) is 5.35. The maximum absolute atomic E-state index is 14.6. The molecule has 1 amide bonds. The highest BCUT2D eigenvalue weighted by molar-refractivity contribution is 7.46. The number of aryl methyl sites for hydroxylation is 1. The fraction of sp³-hybridized carbons (Fsp3) is 0.333. The van der Waals surface area contributed by atoms with Crippen LogP contribution in [0.1, 0.15) is 37.0 Å². The molecule has 2 N–H and O–H groups in total. The van der Waals surface area contributed by atoms with Gasteiger partial charge < -0.3 is 9.79 Å². The van der Waals surface area contributed by atoms with E-state index < -0.39 is 25.1 Å². The van der Waals surface area contributed by atoms with Gasteiger partial charge in [-0.25, -0.2) is 14.0 Å². The number of carbonyl (C=O) groups is 1. The molecule has 9 heteroatoms. The number of hydrogen-bond donors (Lipinski definition) is 2. The molecule has 0 spiro atoms. The molecule has 1 aliphatic heterocycles. The molecule has 1 heterocycles. The molecule has 0 saturated heterocycles. The van der Waals surface area contributed by atoms with E-state index in [2.05, 4.69) is 5.10 Å². The quantitative estimate of drug-likeness (QED) is 0.675. The molecule has 2 atom stereocenters. The summed E-state index contributed by atoms with van der Waals surface area (Å²) in [4.78, 5) is 30.9. The molecule has 0 radical (unpaired) electrons. The molecule has 2 aromatic rings. The Bertz CT molecular complexity index is 1020. The maximum Gasteiger partial charge on any atom is 0.469 e. The molecule has 7 nitrogen and oxygen atoms in total. The Labute approximate surface area is 174 Å². The molecular weight excluding hydrogens is 410 g/mol. The van der Waals surface area contributed by atoms with Crippen molar-refractivity contribution in [2.45, 2.75) is 32.7 Å². The van der Waals surface area contributed by atoms with E-state index in [1.165, 1.54) is 18.0 Å². The first-order chi connectivity index (χ1) is 14.0. The molecular formula is C21H24FN2O5P. The minimum Gasteiger partial charge on any atom is -0.303 e. The SMILES string of the molecule is CC(=O)N1N=C(c2cc(C)ccc2F)C[C@]1(c1ccccc1)C(C)COP(=O)(O)O. The molecule has 0 aromatic heterocycles. The van der Waals surface area contributed by atoms with Crippen LogP contribution in [0.5, 0.6) is 0 Å². The normalized spacial score (nSPS) is 20.2. The van der Waals surface area contributed by atoms with Crippen molar-refractivity contribution in [2.75, 3.05) is 6.61 Å². The van der Waals surface area contributed by atoms with Gasteiger partial charge in [-0.05, 0) is 24.6 Å². The van der Waals surface area contributed by atoms with Crippen molar-refractivity contribution < 1.29 is 28.1 Å². The second kappa shape index (κ2) is 8.40. The van der Waals surface area contributed by atoms with Gasteiger partial charge in [-0.1, -0.05) is 48.9 Å². The Morgan fingerprint density at radius 2 is 1.97 bits per heavy atom. The third kappa shape index (κ3) is 4.37. The number of rotatable bonds is 6. The Kier molecular flexibility index (Phi) is 6.24. The molecule has 0 fully saturated rings. The monoisotopic (exact) mass is 434 g/mol. The van der Waals surface area contributed by atoms with Gasteiger partial charge in [-0.15, -0.1) is 0 Å². The predicted molar refractivity (Wildman–Crippen MR) is 110 cm³/mol. The molecule has 30 heavy (non-hydrogen) atoms. The zero-order valence-corrected chi connectivity index (χ0v) is 17.8. The first kappa shape index (κ1) is 22.3. The van der Waals surface area contributed by atoms with Gasteiger partial charge in [0.1, 0.15) is 11.4 Å². The first-order valence-corrected chi connectivity index (χ1v) is 11.0. The van der Waals surface area contributed by atoms with Gasteiger partial charge >= 0.3 is 7.82 Å². The van der Waals surface area contributed by atoms with E-state index in [4.69, 9.17) is 14.3 Å². The van der Waals surface area contributed by atoms with E-state index in [0.29, 0.717) is 16.8 Å². The average molecular weight is 434 g/mol. The molecule has 0 aliphatic carbocycles. The lowest BCUT2D eigenvalue weighted by molar-refractivity contribution is -0.137. The largest absolute Gasteiger partial charge is 0.469 e. The first-order valence-electron chi connectivity index (χ1n) is 9.45. The second-order valence-corrected chi connectivity index (χ2v) is 8.75. The van der Waals surface area contributed by atoms with Crippen LogP contribution in [-0.2, 0) is 19.4 Å². The Morgan fingerprint density at radius 1 is 1.30 bits per heavy atom. The summed E-state index contributed by atoms with van der Waals surface area (Å²) in [5, 5.41) is 5.75.